The molecule has 0 fully saturated rings. The van der Waals surface area contributed by atoms with Gasteiger partial charge in [0, 0.05) is 17.4 Å². The van der Waals surface area contributed by atoms with Gasteiger partial charge in [-0.1, -0.05) is 18.2 Å². The molecule has 1 rings (SSSR count). The lowest BCUT2D eigenvalue weighted by atomic mass is 10.0. The first-order valence-corrected chi connectivity index (χ1v) is 4.10. The van der Waals surface area contributed by atoms with Crippen LogP contribution in [0.25, 0.3) is 0 Å². The highest BCUT2D eigenvalue weighted by Gasteiger charge is 2.27. The Morgan fingerprint density at radius 3 is 2.57 bits per heavy atom. The fourth-order valence-electron chi connectivity index (χ4n) is 1.09. The van der Waals surface area contributed by atoms with E-state index in [0.29, 0.717) is 0 Å². The van der Waals surface area contributed by atoms with Gasteiger partial charge in [0.1, 0.15) is 11.9 Å². The summed E-state index contributed by atoms with van der Waals surface area (Å²) >= 11 is 0. The standard InChI is InChI=1S/C9H10FNO3/c1-6(11(13)14)9(12)7-4-2-3-5-8(7)10/h2-6,9,12H,1H3/t6-,9-/m1/s1. The smallest absolute Gasteiger partial charge is 0.240 e. The van der Waals surface area contributed by atoms with Gasteiger partial charge in [0.2, 0.25) is 6.04 Å². The van der Waals surface area contributed by atoms with E-state index in [0.717, 1.165) is 6.07 Å². The van der Waals surface area contributed by atoms with Gasteiger partial charge in [-0.25, -0.2) is 4.39 Å². The Labute approximate surface area is 80.1 Å². The minimum Gasteiger partial charge on any atom is -0.381 e. The third-order valence-corrected chi connectivity index (χ3v) is 2.01. The van der Waals surface area contributed by atoms with Gasteiger partial charge in [-0.2, -0.15) is 0 Å². The summed E-state index contributed by atoms with van der Waals surface area (Å²) in [4.78, 5) is 9.71. The quantitative estimate of drug-likeness (QED) is 0.593. The zero-order valence-corrected chi connectivity index (χ0v) is 7.55. The van der Waals surface area contributed by atoms with E-state index < -0.39 is 22.9 Å². The van der Waals surface area contributed by atoms with E-state index in [2.05, 4.69) is 0 Å². The van der Waals surface area contributed by atoms with Crippen molar-refractivity contribution in [3.05, 3.63) is 45.8 Å². The summed E-state index contributed by atoms with van der Waals surface area (Å²) < 4.78 is 13.1. The van der Waals surface area contributed by atoms with Gasteiger partial charge >= 0.3 is 0 Å². The average Bonchev–Trinajstić information content (AvgIpc) is 2.16. The van der Waals surface area contributed by atoms with Crippen molar-refractivity contribution >= 4 is 0 Å². The summed E-state index contributed by atoms with van der Waals surface area (Å²) in [5, 5.41) is 19.8. The maximum Gasteiger partial charge on any atom is 0.240 e. The maximum absolute atomic E-state index is 13.1. The number of nitro groups is 1. The van der Waals surface area contributed by atoms with E-state index in [-0.39, 0.29) is 5.56 Å². The zero-order valence-electron chi connectivity index (χ0n) is 7.55. The molecule has 14 heavy (non-hydrogen) atoms. The first-order valence-electron chi connectivity index (χ1n) is 4.10. The van der Waals surface area contributed by atoms with Crippen LogP contribution in [0.1, 0.15) is 18.6 Å². The summed E-state index contributed by atoms with van der Waals surface area (Å²) in [5.41, 5.74) is -0.0447. The molecule has 76 valence electrons. The van der Waals surface area contributed by atoms with Crippen LogP contribution in [0.4, 0.5) is 4.39 Å². The average molecular weight is 199 g/mol. The normalized spacial score (nSPS) is 14.8. The molecule has 0 saturated heterocycles. The Balaban J connectivity index is 2.94. The monoisotopic (exact) mass is 199 g/mol. The molecule has 0 aliphatic heterocycles. The van der Waals surface area contributed by atoms with E-state index in [1.165, 1.54) is 25.1 Å². The number of halogens is 1. The molecule has 5 heteroatoms. The number of hydrogen-bond donors (Lipinski definition) is 1. The second-order valence-corrected chi connectivity index (χ2v) is 2.99. The second-order valence-electron chi connectivity index (χ2n) is 2.99. The number of benzene rings is 1. The highest BCUT2D eigenvalue weighted by molar-refractivity contribution is 5.20. The van der Waals surface area contributed by atoms with Crippen LogP contribution >= 0.6 is 0 Å². The Bertz CT molecular complexity index is 343. The molecule has 0 amide bonds. The van der Waals surface area contributed by atoms with E-state index in [9.17, 15) is 19.6 Å². The van der Waals surface area contributed by atoms with Gasteiger partial charge in [-0.3, -0.25) is 10.1 Å². The molecular formula is C9H10FNO3. The van der Waals surface area contributed by atoms with Crippen LogP contribution in [-0.4, -0.2) is 16.1 Å². The molecule has 1 aromatic carbocycles. The van der Waals surface area contributed by atoms with Gasteiger partial charge in [0.15, 0.2) is 0 Å². The molecule has 0 saturated carbocycles. The fraction of sp³-hybridized carbons (Fsp3) is 0.333. The predicted octanol–water partition coefficient (Wildman–Crippen LogP) is 1.52. The number of aliphatic hydroxyl groups is 1. The second kappa shape index (κ2) is 4.15. The molecule has 2 atom stereocenters. The first kappa shape index (κ1) is 10.6. The van der Waals surface area contributed by atoms with Crippen molar-refractivity contribution < 1.29 is 14.4 Å². The molecular weight excluding hydrogens is 189 g/mol. The number of nitrogens with zero attached hydrogens (tertiary/aromatic N) is 1. The summed E-state index contributed by atoms with van der Waals surface area (Å²) in [6, 6.07) is 4.26. The van der Waals surface area contributed by atoms with Crippen molar-refractivity contribution in [1.82, 2.24) is 0 Å². The van der Waals surface area contributed by atoms with Crippen molar-refractivity contribution in [2.75, 3.05) is 0 Å². The summed E-state index contributed by atoms with van der Waals surface area (Å²) in [5.74, 6) is -0.631. The topological polar surface area (TPSA) is 63.4 Å². The summed E-state index contributed by atoms with van der Waals surface area (Å²) in [7, 11) is 0. The van der Waals surface area contributed by atoms with Gasteiger partial charge in [0.25, 0.3) is 0 Å². The lowest BCUT2D eigenvalue weighted by Gasteiger charge is -2.12. The molecule has 0 unspecified atom stereocenters. The SMILES string of the molecule is C[C@H]([C@@H](O)c1ccccc1F)[N+](=O)[O-]. The highest BCUT2D eigenvalue weighted by Crippen LogP contribution is 2.20. The lowest BCUT2D eigenvalue weighted by Crippen LogP contribution is -2.24. The van der Waals surface area contributed by atoms with Crippen molar-refractivity contribution in [3.8, 4) is 0 Å². The molecule has 0 bridgehead atoms. The van der Waals surface area contributed by atoms with E-state index in [1.807, 2.05) is 0 Å². The molecule has 1 aromatic rings. The van der Waals surface area contributed by atoms with Crippen LogP contribution in [0.5, 0.6) is 0 Å². The Morgan fingerprint density at radius 2 is 2.07 bits per heavy atom. The minimum atomic E-state index is -1.41. The maximum atomic E-state index is 13.1. The molecule has 4 nitrogen and oxygen atoms in total. The predicted molar refractivity (Wildman–Crippen MR) is 47.8 cm³/mol. The largest absolute Gasteiger partial charge is 0.381 e. The van der Waals surface area contributed by atoms with Crippen LogP contribution in [0, 0.1) is 15.9 Å². The Hall–Kier alpha value is -1.49. The van der Waals surface area contributed by atoms with Crippen LogP contribution in [0.3, 0.4) is 0 Å². The van der Waals surface area contributed by atoms with Gasteiger partial charge in [-0.05, 0) is 6.07 Å². The lowest BCUT2D eigenvalue weighted by molar-refractivity contribution is -0.531. The molecule has 1 N–H and O–H groups in total. The van der Waals surface area contributed by atoms with Crippen molar-refractivity contribution in [2.24, 2.45) is 0 Å². The van der Waals surface area contributed by atoms with Gasteiger partial charge < -0.3 is 5.11 Å². The van der Waals surface area contributed by atoms with Crippen molar-refractivity contribution in [1.29, 1.82) is 0 Å². The van der Waals surface area contributed by atoms with Crippen molar-refractivity contribution in [3.63, 3.8) is 0 Å². The van der Waals surface area contributed by atoms with Crippen LogP contribution in [0.2, 0.25) is 0 Å². The molecule has 0 spiro atoms. The zero-order chi connectivity index (χ0) is 10.7. The third kappa shape index (κ3) is 2.05. The molecule has 0 aliphatic rings. The van der Waals surface area contributed by atoms with E-state index >= 15 is 0 Å². The molecule has 0 aromatic heterocycles. The van der Waals surface area contributed by atoms with Crippen LogP contribution < -0.4 is 0 Å². The van der Waals surface area contributed by atoms with Gasteiger partial charge in [-0.15, -0.1) is 0 Å². The van der Waals surface area contributed by atoms with Crippen LogP contribution in [-0.2, 0) is 0 Å². The number of hydrogen-bond acceptors (Lipinski definition) is 3. The minimum absolute atomic E-state index is 0.0447. The van der Waals surface area contributed by atoms with Crippen LogP contribution in [0.15, 0.2) is 24.3 Å². The molecule has 0 heterocycles. The Kier molecular flexibility index (Phi) is 3.14. The first-order chi connectivity index (χ1) is 6.54. The number of aliphatic hydroxyl groups excluding tert-OH is 1. The van der Waals surface area contributed by atoms with E-state index in [4.69, 9.17) is 0 Å². The highest BCUT2D eigenvalue weighted by atomic mass is 19.1. The third-order valence-electron chi connectivity index (χ3n) is 2.01. The Morgan fingerprint density at radius 1 is 1.50 bits per heavy atom. The number of rotatable bonds is 3. The van der Waals surface area contributed by atoms with Gasteiger partial charge in [0.05, 0.1) is 0 Å². The fourth-order valence-corrected chi connectivity index (χ4v) is 1.09. The van der Waals surface area contributed by atoms with E-state index in [1.54, 1.807) is 0 Å². The summed E-state index contributed by atoms with van der Waals surface area (Å²) in [6.45, 7) is 1.23. The summed E-state index contributed by atoms with van der Waals surface area (Å²) in [6.07, 6.45) is -1.41. The molecule has 0 radical (unpaired) electrons. The van der Waals surface area contributed by atoms with Crippen molar-refractivity contribution in [2.45, 2.75) is 19.1 Å². The molecule has 0 aliphatic carbocycles.